The van der Waals surface area contributed by atoms with Gasteiger partial charge in [0.05, 0.1) is 30.0 Å². The average Bonchev–Trinajstić information content (AvgIpc) is 3.40. The van der Waals surface area contributed by atoms with Crippen molar-refractivity contribution in [2.24, 2.45) is 5.92 Å². The number of nitrogens with one attached hydrogen (secondary N) is 2. The van der Waals surface area contributed by atoms with Gasteiger partial charge in [0.25, 0.3) is 5.91 Å². The fraction of sp³-hybridized carbons (Fsp3) is 0.333. The third kappa shape index (κ3) is 5.35. The van der Waals surface area contributed by atoms with Gasteiger partial charge in [0, 0.05) is 43.4 Å². The minimum Gasteiger partial charge on any atom is -0.496 e. The lowest BCUT2D eigenvalue weighted by molar-refractivity contribution is -0.121. The molecule has 2 N–H and O–H groups in total. The molecule has 9 nitrogen and oxygen atoms in total. The van der Waals surface area contributed by atoms with Crippen molar-refractivity contribution >= 4 is 28.5 Å². The van der Waals surface area contributed by atoms with Crippen LogP contribution in [0.2, 0.25) is 0 Å². The summed E-state index contributed by atoms with van der Waals surface area (Å²) in [5.74, 6) is 0.406. The third-order valence-corrected chi connectivity index (χ3v) is 7.36. The van der Waals surface area contributed by atoms with Crippen molar-refractivity contribution in [1.82, 2.24) is 25.0 Å². The number of pyridine rings is 1. The molecule has 202 valence electrons. The van der Waals surface area contributed by atoms with Gasteiger partial charge in [-0.25, -0.2) is 4.98 Å². The smallest absolute Gasteiger partial charge is 0.255 e. The number of aromatic amines is 1. The topological polar surface area (TPSA) is 103 Å². The molecule has 1 aliphatic heterocycles. The summed E-state index contributed by atoms with van der Waals surface area (Å²) in [7, 11) is 5.05. The van der Waals surface area contributed by atoms with Gasteiger partial charge in [0.15, 0.2) is 5.65 Å². The van der Waals surface area contributed by atoms with E-state index < -0.39 is 0 Å². The highest BCUT2D eigenvalue weighted by Gasteiger charge is 2.26. The normalized spacial score (nSPS) is 15.7. The number of H-pyrrole nitrogens is 1. The van der Waals surface area contributed by atoms with E-state index in [2.05, 4.69) is 32.3 Å². The number of hydrogen-bond acceptors (Lipinski definition) is 6. The van der Waals surface area contributed by atoms with E-state index in [0.717, 1.165) is 66.0 Å². The van der Waals surface area contributed by atoms with Gasteiger partial charge < -0.3 is 19.9 Å². The zero-order valence-corrected chi connectivity index (χ0v) is 22.8. The maximum atomic E-state index is 13.2. The van der Waals surface area contributed by atoms with E-state index >= 15 is 0 Å². The molecule has 2 amide bonds. The number of ether oxygens (including phenoxy) is 1. The van der Waals surface area contributed by atoms with Crippen molar-refractivity contribution in [1.29, 1.82) is 0 Å². The summed E-state index contributed by atoms with van der Waals surface area (Å²) in [4.78, 5) is 34.8. The molecule has 1 unspecified atom stereocenters. The molecule has 0 spiro atoms. The zero-order chi connectivity index (χ0) is 27.5. The van der Waals surface area contributed by atoms with Crippen molar-refractivity contribution in [3.05, 3.63) is 60.3 Å². The van der Waals surface area contributed by atoms with Crippen LogP contribution in [0.4, 0.5) is 5.69 Å². The molecule has 2 aromatic carbocycles. The number of anilines is 1. The molecule has 9 heteroatoms. The number of carbonyl (C=O) groups excluding carboxylic acids is 2. The highest BCUT2D eigenvalue weighted by atomic mass is 16.5. The molecule has 1 saturated heterocycles. The van der Waals surface area contributed by atoms with Crippen molar-refractivity contribution in [2.75, 3.05) is 46.2 Å². The Kier molecular flexibility index (Phi) is 7.60. The molecule has 0 aliphatic carbocycles. The van der Waals surface area contributed by atoms with Crippen molar-refractivity contribution in [2.45, 2.75) is 19.8 Å². The Labute approximate surface area is 228 Å². The van der Waals surface area contributed by atoms with Gasteiger partial charge in [-0.2, -0.15) is 5.10 Å². The molecule has 1 aliphatic rings. The quantitative estimate of drug-likeness (QED) is 0.363. The summed E-state index contributed by atoms with van der Waals surface area (Å²) in [5, 5.41) is 11.4. The summed E-state index contributed by atoms with van der Waals surface area (Å²) in [6, 6.07) is 15.3. The van der Waals surface area contributed by atoms with Gasteiger partial charge in [-0.05, 0) is 61.8 Å². The van der Waals surface area contributed by atoms with Crippen LogP contribution in [0.5, 0.6) is 5.75 Å². The van der Waals surface area contributed by atoms with Crippen molar-refractivity contribution in [3.63, 3.8) is 0 Å². The van der Waals surface area contributed by atoms with Crippen LogP contribution in [0.1, 0.15) is 30.1 Å². The van der Waals surface area contributed by atoms with Gasteiger partial charge >= 0.3 is 0 Å². The Hall–Kier alpha value is -4.24. The van der Waals surface area contributed by atoms with Crippen LogP contribution in [-0.4, -0.2) is 77.6 Å². The number of para-hydroxylation sites is 1. The van der Waals surface area contributed by atoms with Gasteiger partial charge in [-0.1, -0.05) is 25.1 Å². The number of likely N-dealkylation sites (tertiary alicyclic amines) is 1. The third-order valence-electron chi connectivity index (χ3n) is 7.36. The lowest BCUT2D eigenvalue weighted by atomic mass is 9.96. The molecule has 0 bridgehead atoms. The maximum absolute atomic E-state index is 13.2. The van der Waals surface area contributed by atoms with E-state index in [1.54, 1.807) is 27.4 Å². The van der Waals surface area contributed by atoms with Crippen molar-refractivity contribution < 1.29 is 14.3 Å². The fourth-order valence-corrected chi connectivity index (χ4v) is 5.16. The lowest BCUT2D eigenvalue weighted by Gasteiger charge is -2.31. The minimum atomic E-state index is -0.182. The molecule has 4 aromatic rings. The Morgan fingerprint density at radius 2 is 1.97 bits per heavy atom. The van der Waals surface area contributed by atoms with Crippen LogP contribution in [-0.2, 0) is 4.79 Å². The monoisotopic (exact) mass is 526 g/mol. The summed E-state index contributed by atoms with van der Waals surface area (Å²) in [5.41, 5.74) is 4.87. The van der Waals surface area contributed by atoms with Crippen LogP contribution >= 0.6 is 0 Å². The predicted octanol–water partition coefficient (Wildman–Crippen LogP) is 4.67. The van der Waals surface area contributed by atoms with Crippen LogP contribution in [0.15, 0.2) is 54.7 Å². The second kappa shape index (κ2) is 11.2. The van der Waals surface area contributed by atoms with Crippen LogP contribution < -0.4 is 10.1 Å². The Morgan fingerprint density at radius 3 is 2.74 bits per heavy atom. The SMILES string of the molecule is CCN1CCCC(C(=O)Nc2ccc(-c3cnc4n[nH]c(-c5ccccc5OC)c4c3)cc2C(=O)N(C)C)C1. The summed E-state index contributed by atoms with van der Waals surface area (Å²) >= 11 is 0. The summed E-state index contributed by atoms with van der Waals surface area (Å²) in [6.07, 6.45) is 3.59. The number of methoxy groups -OCH3 is 1. The number of carbonyl (C=O) groups is 2. The van der Waals surface area contributed by atoms with Crippen molar-refractivity contribution in [3.8, 4) is 28.1 Å². The van der Waals surface area contributed by atoms with E-state index in [1.165, 1.54) is 4.90 Å². The second-order valence-electron chi connectivity index (χ2n) is 10.1. The van der Waals surface area contributed by atoms with Gasteiger partial charge in [-0.3, -0.25) is 14.7 Å². The molecule has 2 aromatic heterocycles. The molecule has 5 rings (SSSR count). The first kappa shape index (κ1) is 26.4. The fourth-order valence-electron chi connectivity index (χ4n) is 5.16. The largest absolute Gasteiger partial charge is 0.496 e. The molecule has 3 heterocycles. The first-order chi connectivity index (χ1) is 18.9. The number of amides is 2. The molecule has 1 fully saturated rings. The summed E-state index contributed by atoms with van der Waals surface area (Å²) < 4.78 is 5.55. The highest BCUT2D eigenvalue weighted by molar-refractivity contribution is 6.05. The number of rotatable bonds is 7. The first-order valence-electron chi connectivity index (χ1n) is 13.3. The van der Waals surface area contributed by atoms with Gasteiger partial charge in [-0.15, -0.1) is 0 Å². The van der Waals surface area contributed by atoms with Crippen LogP contribution in [0.25, 0.3) is 33.4 Å². The van der Waals surface area contributed by atoms with E-state index in [1.807, 2.05) is 48.5 Å². The van der Waals surface area contributed by atoms with Crippen LogP contribution in [0.3, 0.4) is 0 Å². The number of aromatic nitrogens is 3. The summed E-state index contributed by atoms with van der Waals surface area (Å²) in [6.45, 7) is 4.80. The number of piperidine rings is 1. The predicted molar refractivity (Wildman–Crippen MR) is 153 cm³/mol. The van der Waals surface area contributed by atoms with E-state index in [9.17, 15) is 9.59 Å². The maximum Gasteiger partial charge on any atom is 0.255 e. The highest BCUT2D eigenvalue weighted by Crippen LogP contribution is 2.35. The minimum absolute atomic E-state index is 0.0448. The molecular weight excluding hydrogens is 492 g/mol. The van der Waals surface area contributed by atoms with E-state index in [4.69, 9.17) is 4.74 Å². The Bertz CT molecular complexity index is 1510. The van der Waals surface area contributed by atoms with Crippen LogP contribution in [0, 0.1) is 5.92 Å². The Morgan fingerprint density at radius 1 is 1.15 bits per heavy atom. The molecule has 0 saturated carbocycles. The van der Waals surface area contributed by atoms with E-state index in [-0.39, 0.29) is 17.7 Å². The van der Waals surface area contributed by atoms with E-state index in [0.29, 0.717) is 16.9 Å². The number of fused-ring (bicyclic) bond motifs is 1. The molecule has 0 radical (unpaired) electrons. The zero-order valence-electron chi connectivity index (χ0n) is 22.8. The van der Waals surface area contributed by atoms with Gasteiger partial charge in [0.1, 0.15) is 5.75 Å². The first-order valence-corrected chi connectivity index (χ1v) is 13.3. The number of hydrogen-bond donors (Lipinski definition) is 2. The lowest BCUT2D eigenvalue weighted by Crippen LogP contribution is -2.40. The molecular formula is C30H34N6O3. The molecule has 39 heavy (non-hydrogen) atoms. The Balaban J connectivity index is 1.50. The standard InChI is InChI=1S/C30H34N6O3/c1-5-36-14-8-9-20(18-36)29(37)32-25-13-12-19(15-23(25)30(38)35(2)3)21-16-24-27(33-34-28(24)31-17-21)22-10-6-7-11-26(22)39-4/h6-7,10-13,15-17,20H,5,8-9,14,18H2,1-4H3,(H,32,37)(H,31,33,34). The average molecular weight is 527 g/mol. The number of nitrogens with zero attached hydrogens (tertiary/aromatic N) is 4. The molecule has 1 atom stereocenters. The second-order valence-corrected chi connectivity index (χ2v) is 10.1. The number of benzene rings is 2. The van der Waals surface area contributed by atoms with Gasteiger partial charge in [0.2, 0.25) is 5.91 Å².